The van der Waals surface area contributed by atoms with Crippen LogP contribution in [0.4, 0.5) is 0 Å². The van der Waals surface area contributed by atoms with Crippen LogP contribution in [0.15, 0.2) is 26.7 Å². The van der Waals surface area contributed by atoms with Gasteiger partial charge in [-0.2, -0.15) is 0 Å². The zero-order valence-corrected chi connectivity index (χ0v) is 9.06. The average Bonchev–Trinajstić information content (AvgIpc) is 2.71. The van der Waals surface area contributed by atoms with Crippen molar-refractivity contribution in [2.75, 3.05) is 0 Å². The third-order valence-corrected chi connectivity index (χ3v) is 3.25. The van der Waals surface area contributed by atoms with Crippen LogP contribution in [-0.4, -0.2) is 4.98 Å². The van der Waals surface area contributed by atoms with Crippen molar-refractivity contribution in [3.05, 3.63) is 28.0 Å². The van der Waals surface area contributed by atoms with Gasteiger partial charge in [-0.15, -0.1) is 11.3 Å². The molecule has 2 aromatic heterocycles. The van der Waals surface area contributed by atoms with E-state index in [1.807, 2.05) is 12.1 Å². The minimum atomic E-state index is 0.404. The van der Waals surface area contributed by atoms with Gasteiger partial charge in [-0.1, -0.05) is 0 Å². The summed E-state index contributed by atoms with van der Waals surface area (Å²) in [7, 11) is 0. The summed E-state index contributed by atoms with van der Waals surface area (Å²) in [6, 6.07) is 3.96. The first-order valence-electron chi connectivity index (χ1n) is 3.69. The van der Waals surface area contributed by atoms with Crippen LogP contribution in [0.5, 0.6) is 0 Å². The molecular weight excluding hydrogens is 252 g/mol. The first kappa shape index (κ1) is 8.93. The fourth-order valence-corrected chi connectivity index (χ4v) is 2.45. The number of halogens is 1. The van der Waals surface area contributed by atoms with Gasteiger partial charge in [0.15, 0.2) is 12.2 Å². The molecular formula is C8H7BrN2OS. The number of hydrogen-bond donors (Lipinski definition) is 1. The SMILES string of the molecule is NCc1ncoc1-c1ccc(Br)s1. The Balaban J connectivity index is 2.45. The van der Waals surface area contributed by atoms with Crippen LogP contribution < -0.4 is 5.73 Å². The second-order valence-electron chi connectivity index (χ2n) is 2.44. The Morgan fingerprint density at radius 1 is 1.54 bits per heavy atom. The standard InChI is InChI=1S/C8H7BrN2OS/c9-7-2-1-6(13-7)8-5(3-10)11-4-12-8/h1-2,4H,3,10H2. The summed E-state index contributed by atoms with van der Waals surface area (Å²) in [4.78, 5) is 5.07. The van der Waals surface area contributed by atoms with Crippen molar-refractivity contribution < 1.29 is 4.42 Å². The highest BCUT2D eigenvalue weighted by molar-refractivity contribution is 9.11. The quantitative estimate of drug-likeness (QED) is 0.901. The van der Waals surface area contributed by atoms with Crippen molar-refractivity contribution >= 4 is 27.3 Å². The molecule has 2 N–H and O–H groups in total. The maximum atomic E-state index is 5.51. The predicted octanol–water partition coefficient (Wildman–Crippen LogP) is 2.62. The number of hydrogen-bond acceptors (Lipinski definition) is 4. The molecule has 0 aliphatic carbocycles. The van der Waals surface area contributed by atoms with Crippen LogP contribution in [0, 0.1) is 0 Å². The van der Waals surface area contributed by atoms with E-state index in [9.17, 15) is 0 Å². The first-order valence-corrected chi connectivity index (χ1v) is 5.30. The molecule has 0 atom stereocenters. The molecule has 2 rings (SSSR count). The molecule has 0 fully saturated rings. The zero-order valence-electron chi connectivity index (χ0n) is 6.66. The summed E-state index contributed by atoms with van der Waals surface area (Å²) in [6.45, 7) is 0.404. The van der Waals surface area contributed by atoms with E-state index in [2.05, 4.69) is 20.9 Å². The predicted molar refractivity (Wildman–Crippen MR) is 55.4 cm³/mol. The van der Waals surface area contributed by atoms with E-state index < -0.39 is 0 Å². The van der Waals surface area contributed by atoms with Gasteiger partial charge in [0.1, 0.15) is 5.69 Å². The number of aromatic nitrogens is 1. The topological polar surface area (TPSA) is 52.0 Å². The van der Waals surface area contributed by atoms with Crippen LogP contribution in [-0.2, 0) is 6.54 Å². The summed E-state index contributed by atoms with van der Waals surface area (Å²) < 4.78 is 6.32. The molecule has 2 aromatic rings. The van der Waals surface area contributed by atoms with E-state index in [1.165, 1.54) is 6.39 Å². The van der Waals surface area contributed by atoms with Gasteiger partial charge in [0, 0.05) is 6.54 Å². The summed E-state index contributed by atoms with van der Waals surface area (Å²) in [6.07, 6.45) is 1.42. The van der Waals surface area contributed by atoms with Gasteiger partial charge in [0.25, 0.3) is 0 Å². The summed E-state index contributed by atoms with van der Waals surface area (Å²) in [5.74, 6) is 0.776. The number of thiophene rings is 1. The highest BCUT2D eigenvalue weighted by atomic mass is 79.9. The Hall–Kier alpha value is -0.650. The summed E-state index contributed by atoms with van der Waals surface area (Å²) in [5, 5.41) is 0. The monoisotopic (exact) mass is 258 g/mol. The molecule has 0 aliphatic rings. The van der Waals surface area contributed by atoms with Crippen LogP contribution in [0.2, 0.25) is 0 Å². The smallest absolute Gasteiger partial charge is 0.181 e. The average molecular weight is 259 g/mol. The Morgan fingerprint density at radius 3 is 3.00 bits per heavy atom. The van der Waals surface area contributed by atoms with Crippen LogP contribution in [0.1, 0.15) is 5.69 Å². The Morgan fingerprint density at radius 2 is 2.38 bits per heavy atom. The van der Waals surface area contributed by atoms with E-state index in [1.54, 1.807) is 11.3 Å². The van der Waals surface area contributed by atoms with E-state index in [4.69, 9.17) is 10.2 Å². The fraction of sp³-hybridized carbons (Fsp3) is 0.125. The lowest BCUT2D eigenvalue weighted by Gasteiger charge is -1.92. The molecule has 0 aliphatic heterocycles. The van der Waals surface area contributed by atoms with E-state index in [0.29, 0.717) is 6.54 Å². The molecule has 0 saturated heterocycles. The molecule has 2 heterocycles. The maximum absolute atomic E-state index is 5.51. The normalized spacial score (nSPS) is 10.6. The molecule has 0 bridgehead atoms. The second-order valence-corrected chi connectivity index (χ2v) is 4.90. The van der Waals surface area contributed by atoms with Gasteiger partial charge in [-0.3, -0.25) is 0 Å². The molecule has 3 nitrogen and oxygen atoms in total. The molecule has 0 amide bonds. The number of nitrogens with zero attached hydrogens (tertiary/aromatic N) is 1. The molecule has 0 saturated carbocycles. The van der Waals surface area contributed by atoms with Gasteiger partial charge < -0.3 is 10.2 Å². The Labute approximate surface area is 87.7 Å². The third-order valence-electron chi connectivity index (χ3n) is 1.63. The van der Waals surface area contributed by atoms with Crippen molar-refractivity contribution in [1.82, 2.24) is 4.98 Å². The first-order chi connectivity index (χ1) is 6.31. The third kappa shape index (κ3) is 1.67. The largest absolute Gasteiger partial charge is 0.442 e. The summed E-state index contributed by atoms with van der Waals surface area (Å²) in [5.41, 5.74) is 6.31. The van der Waals surface area contributed by atoms with Gasteiger partial charge in [0.05, 0.1) is 8.66 Å². The molecule has 0 spiro atoms. The Kier molecular flexibility index (Phi) is 2.48. The van der Waals surface area contributed by atoms with Crippen LogP contribution in [0.25, 0.3) is 10.6 Å². The molecule has 0 radical (unpaired) electrons. The van der Waals surface area contributed by atoms with Crippen molar-refractivity contribution in [2.24, 2.45) is 5.73 Å². The van der Waals surface area contributed by atoms with Gasteiger partial charge >= 0.3 is 0 Å². The summed E-state index contributed by atoms with van der Waals surface area (Å²) >= 11 is 4.99. The number of rotatable bonds is 2. The van der Waals surface area contributed by atoms with E-state index in [-0.39, 0.29) is 0 Å². The lowest BCUT2D eigenvalue weighted by molar-refractivity contribution is 0.572. The fourth-order valence-electron chi connectivity index (χ4n) is 1.05. The van der Waals surface area contributed by atoms with Gasteiger partial charge in [-0.25, -0.2) is 4.98 Å². The van der Waals surface area contributed by atoms with Crippen molar-refractivity contribution in [1.29, 1.82) is 0 Å². The van der Waals surface area contributed by atoms with Crippen molar-refractivity contribution in [2.45, 2.75) is 6.54 Å². The molecule has 0 unspecified atom stereocenters. The number of oxazole rings is 1. The van der Waals surface area contributed by atoms with Crippen molar-refractivity contribution in [3.8, 4) is 10.6 Å². The molecule has 68 valence electrons. The van der Waals surface area contributed by atoms with E-state index >= 15 is 0 Å². The minimum absolute atomic E-state index is 0.404. The highest BCUT2D eigenvalue weighted by Gasteiger charge is 2.10. The minimum Gasteiger partial charge on any atom is -0.442 e. The van der Waals surface area contributed by atoms with Crippen LogP contribution in [0.3, 0.4) is 0 Å². The molecule has 13 heavy (non-hydrogen) atoms. The van der Waals surface area contributed by atoms with Gasteiger partial charge in [-0.05, 0) is 28.1 Å². The highest BCUT2D eigenvalue weighted by Crippen LogP contribution is 2.32. The second kappa shape index (κ2) is 3.61. The lowest BCUT2D eigenvalue weighted by atomic mass is 10.3. The zero-order chi connectivity index (χ0) is 9.26. The lowest BCUT2D eigenvalue weighted by Crippen LogP contribution is -1.97. The molecule has 5 heteroatoms. The molecule has 0 aromatic carbocycles. The van der Waals surface area contributed by atoms with Crippen LogP contribution >= 0.6 is 27.3 Å². The maximum Gasteiger partial charge on any atom is 0.181 e. The van der Waals surface area contributed by atoms with E-state index in [0.717, 1.165) is 20.1 Å². The van der Waals surface area contributed by atoms with Gasteiger partial charge in [0.2, 0.25) is 0 Å². The number of nitrogens with two attached hydrogens (primary N) is 1. The van der Waals surface area contributed by atoms with Crippen molar-refractivity contribution in [3.63, 3.8) is 0 Å². The Bertz CT molecular complexity index is 410.